The number of hydrogen-bond donors (Lipinski definition) is 1. The maximum absolute atomic E-state index is 11.8. The summed E-state index contributed by atoms with van der Waals surface area (Å²) >= 11 is 0. The molecule has 8 nitrogen and oxygen atoms in total. The van der Waals surface area contributed by atoms with E-state index in [-0.39, 0.29) is 5.41 Å². The van der Waals surface area contributed by atoms with Gasteiger partial charge in [0.1, 0.15) is 0 Å². The Hall–Kier alpha value is -1.84. The van der Waals surface area contributed by atoms with Crippen molar-refractivity contribution in [1.82, 2.24) is 14.1 Å². The molecule has 30 heavy (non-hydrogen) atoms. The van der Waals surface area contributed by atoms with Crippen molar-refractivity contribution >= 4 is 21.8 Å². The zero-order chi connectivity index (χ0) is 21.1. The van der Waals surface area contributed by atoms with Gasteiger partial charge in [0.05, 0.1) is 6.26 Å². The molecule has 1 N–H and O–H groups in total. The molecule has 0 saturated carbocycles. The summed E-state index contributed by atoms with van der Waals surface area (Å²) in [6.07, 6.45) is 1.53. The third-order valence-electron chi connectivity index (χ3n) is 7.49. The average molecular weight is 435 g/mol. The highest BCUT2D eigenvalue weighted by Gasteiger charge is 2.50. The normalized spacial score (nSPS) is 28.8. The Balaban J connectivity index is 1.23. The fraction of sp³-hybridized carbons (Fsp3) is 0.667. The van der Waals surface area contributed by atoms with Gasteiger partial charge in [0.15, 0.2) is 0 Å². The number of fused-ring (bicyclic) bond motifs is 1. The van der Waals surface area contributed by atoms with Gasteiger partial charge < -0.3 is 14.9 Å². The van der Waals surface area contributed by atoms with Crippen LogP contribution in [0.15, 0.2) is 24.3 Å². The summed E-state index contributed by atoms with van der Waals surface area (Å²) in [4.78, 5) is 17.7. The van der Waals surface area contributed by atoms with Crippen LogP contribution < -0.4 is 4.90 Å². The number of benzene rings is 1. The highest BCUT2D eigenvalue weighted by molar-refractivity contribution is 7.88. The van der Waals surface area contributed by atoms with E-state index in [0.717, 1.165) is 39.1 Å². The molecular weight excluding hydrogens is 404 g/mol. The predicted octanol–water partition coefficient (Wildman–Crippen LogP) is 1.20. The Morgan fingerprint density at radius 3 is 2.40 bits per heavy atom. The lowest BCUT2D eigenvalue weighted by molar-refractivity contribution is 0.0944. The SMILES string of the molecule is CS(=O)(=O)N1CC2(CCN(c3ccccc3CN3CC4CN(C(=O)O)CC4C3)C2)C1. The number of carboxylic acid groups (broad SMARTS) is 1. The summed E-state index contributed by atoms with van der Waals surface area (Å²) in [6.45, 7) is 7.26. The molecule has 164 valence electrons. The number of anilines is 1. The molecule has 0 radical (unpaired) electrons. The van der Waals surface area contributed by atoms with Gasteiger partial charge in [-0.25, -0.2) is 17.5 Å². The van der Waals surface area contributed by atoms with E-state index in [0.29, 0.717) is 38.0 Å². The second-order valence-corrected chi connectivity index (χ2v) is 11.7. The molecule has 5 rings (SSSR count). The number of rotatable bonds is 4. The summed E-state index contributed by atoms with van der Waals surface area (Å²) in [7, 11) is -3.08. The molecule has 0 bridgehead atoms. The standard InChI is InChI=1S/C21H30N4O4S/c1-30(28,29)25-14-21(15-25)6-7-23(13-21)19-5-3-2-4-16(19)8-22-9-17-11-24(20(26)27)12-18(17)10-22/h2-5,17-18H,6-15H2,1H3,(H,26,27). The molecule has 2 atom stereocenters. The van der Waals surface area contributed by atoms with Crippen molar-refractivity contribution in [3.05, 3.63) is 29.8 Å². The number of hydrogen-bond acceptors (Lipinski definition) is 5. The van der Waals surface area contributed by atoms with E-state index >= 15 is 0 Å². The monoisotopic (exact) mass is 434 g/mol. The first-order valence-corrected chi connectivity index (χ1v) is 12.6. The molecule has 1 spiro atoms. The molecule has 9 heteroatoms. The summed E-state index contributed by atoms with van der Waals surface area (Å²) < 4.78 is 25.1. The van der Waals surface area contributed by atoms with E-state index in [4.69, 9.17) is 0 Å². The molecule has 4 heterocycles. The first kappa shape index (κ1) is 20.1. The maximum atomic E-state index is 11.8. The van der Waals surface area contributed by atoms with Crippen LogP contribution in [0.4, 0.5) is 10.5 Å². The van der Waals surface area contributed by atoms with Crippen LogP contribution in [0.5, 0.6) is 0 Å². The second kappa shape index (κ2) is 7.10. The van der Waals surface area contributed by atoms with Crippen molar-refractivity contribution in [2.24, 2.45) is 17.3 Å². The lowest BCUT2D eigenvalue weighted by atomic mass is 9.81. The molecule has 4 aliphatic rings. The van der Waals surface area contributed by atoms with Gasteiger partial charge in [-0.05, 0) is 29.9 Å². The van der Waals surface area contributed by atoms with E-state index in [2.05, 4.69) is 34.1 Å². The van der Waals surface area contributed by atoms with Gasteiger partial charge in [0.2, 0.25) is 10.0 Å². The van der Waals surface area contributed by atoms with Crippen molar-refractivity contribution in [3.8, 4) is 0 Å². The predicted molar refractivity (Wildman–Crippen MR) is 114 cm³/mol. The fourth-order valence-electron chi connectivity index (χ4n) is 5.90. The molecule has 4 saturated heterocycles. The minimum absolute atomic E-state index is 0.0984. The first-order chi connectivity index (χ1) is 14.2. The number of sulfonamides is 1. The molecule has 2 unspecified atom stereocenters. The van der Waals surface area contributed by atoms with Crippen LogP contribution in [0.1, 0.15) is 12.0 Å². The van der Waals surface area contributed by atoms with Crippen molar-refractivity contribution in [3.63, 3.8) is 0 Å². The molecule has 0 aromatic heterocycles. The number of likely N-dealkylation sites (tertiary alicyclic amines) is 2. The number of carbonyl (C=O) groups is 1. The smallest absolute Gasteiger partial charge is 0.407 e. The Morgan fingerprint density at radius 1 is 1.10 bits per heavy atom. The Bertz CT molecular complexity index is 932. The van der Waals surface area contributed by atoms with Gasteiger partial charge in [-0.3, -0.25) is 4.90 Å². The highest BCUT2D eigenvalue weighted by atomic mass is 32.2. The van der Waals surface area contributed by atoms with E-state index in [1.54, 1.807) is 9.21 Å². The lowest BCUT2D eigenvalue weighted by Crippen LogP contribution is -2.59. The summed E-state index contributed by atoms with van der Waals surface area (Å²) in [6, 6.07) is 8.55. The average Bonchev–Trinajstić information content (AvgIpc) is 3.32. The summed E-state index contributed by atoms with van der Waals surface area (Å²) in [5.41, 5.74) is 2.67. The Labute approximate surface area is 178 Å². The second-order valence-electron chi connectivity index (χ2n) is 9.73. The van der Waals surface area contributed by atoms with Crippen LogP contribution >= 0.6 is 0 Å². The molecule has 1 aromatic carbocycles. The molecular formula is C21H30N4O4S. The van der Waals surface area contributed by atoms with Gasteiger partial charge in [0.25, 0.3) is 0 Å². The lowest BCUT2D eigenvalue weighted by Gasteiger charge is -2.46. The van der Waals surface area contributed by atoms with Gasteiger partial charge >= 0.3 is 6.09 Å². The molecule has 4 aliphatic heterocycles. The van der Waals surface area contributed by atoms with Crippen molar-refractivity contribution in [2.45, 2.75) is 13.0 Å². The number of nitrogens with zero attached hydrogens (tertiary/aromatic N) is 4. The quantitative estimate of drug-likeness (QED) is 0.767. The van der Waals surface area contributed by atoms with E-state index in [1.807, 2.05) is 0 Å². The summed E-state index contributed by atoms with van der Waals surface area (Å²) in [5, 5.41) is 9.23. The van der Waals surface area contributed by atoms with Gasteiger partial charge in [-0.15, -0.1) is 0 Å². The van der Waals surface area contributed by atoms with Gasteiger partial charge in [-0.2, -0.15) is 0 Å². The zero-order valence-electron chi connectivity index (χ0n) is 17.4. The Morgan fingerprint density at radius 2 is 1.77 bits per heavy atom. The van der Waals surface area contributed by atoms with Gasteiger partial charge in [-0.1, -0.05) is 18.2 Å². The van der Waals surface area contributed by atoms with Crippen molar-refractivity contribution in [1.29, 1.82) is 0 Å². The zero-order valence-corrected chi connectivity index (χ0v) is 18.2. The van der Waals surface area contributed by atoms with E-state index in [1.165, 1.54) is 17.5 Å². The maximum Gasteiger partial charge on any atom is 0.407 e. The minimum atomic E-state index is -3.08. The topological polar surface area (TPSA) is 84.4 Å². The molecule has 4 fully saturated rings. The Kier molecular flexibility index (Phi) is 4.75. The fourth-order valence-corrected chi connectivity index (χ4v) is 6.92. The minimum Gasteiger partial charge on any atom is -0.465 e. The van der Waals surface area contributed by atoms with Crippen LogP contribution in [0.25, 0.3) is 0 Å². The van der Waals surface area contributed by atoms with Crippen LogP contribution in [-0.2, 0) is 16.6 Å². The first-order valence-electron chi connectivity index (χ1n) is 10.7. The third kappa shape index (κ3) is 3.56. The van der Waals surface area contributed by atoms with Crippen LogP contribution in [-0.4, -0.2) is 92.3 Å². The molecule has 1 amide bonds. The number of para-hydroxylation sites is 1. The van der Waals surface area contributed by atoms with Crippen LogP contribution in [0.2, 0.25) is 0 Å². The van der Waals surface area contributed by atoms with Gasteiger partial charge in [0, 0.05) is 70.0 Å². The van der Waals surface area contributed by atoms with E-state index < -0.39 is 16.1 Å². The summed E-state index contributed by atoms with van der Waals surface area (Å²) in [5.74, 6) is 0.889. The van der Waals surface area contributed by atoms with E-state index in [9.17, 15) is 18.3 Å². The number of amides is 1. The third-order valence-corrected chi connectivity index (χ3v) is 8.69. The highest BCUT2D eigenvalue weighted by Crippen LogP contribution is 2.43. The van der Waals surface area contributed by atoms with Crippen LogP contribution in [0, 0.1) is 17.3 Å². The molecule has 1 aromatic rings. The molecule has 0 aliphatic carbocycles. The van der Waals surface area contributed by atoms with Crippen LogP contribution in [0.3, 0.4) is 0 Å². The van der Waals surface area contributed by atoms with Crippen molar-refractivity contribution < 1.29 is 18.3 Å². The van der Waals surface area contributed by atoms with Crippen molar-refractivity contribution in [2.75, 3.05) is 63.5 Å². The largest absolute Gasteiger partial charge is 0.465 e.